The number of carbonyl (C=O) groups is 2. The highest BCUT2D eigenvalue weighted by Gasteiger charge is 2.21. The lowest BCUT2D eigenvalue weighted by molar-refractivity contribution is -0.123. The van der Waals surface area contributed by atoms with E-state index in [0.717, 1.165) is 36.9 Å². The van der Waals surface area contributed by atoms with E-state index in [0.29, 0.717) is 18.7 Å². The molecule has 0 aliphatic heterocycles. The Labute approximate surface area is 145 Å². The molecule has 1 aromatic carbocycles. The fourth-order valence-electron chi connectivity index (χ4n) is 2.15. The van der Waals surface area contributed by atoms with Crippen molar-refractivity contribution >= 4 is 23.2 Å². The first-order valence-corrected chi connectivity index (χ1v) is 8.66. The number of aryl methyl sites for hydroxylation is 1. The van der Waals surface area contributed by atoms with Crippen LogP contribution in [0, 0.1) is 12.3 Å². The van der Waals surface area contributed by atoms with Crippen molar-refractivity contribution in [2.24, 2.45) is 11.1 Å². The summed E-state index contributed by atoms with van der Waals surface area (Å²) in [5, 5.41) is 5.83. The third-order valence-corrected chi connectivity index (χ3v) is 3.81. The van der Waals surface area contributed by atoms with Gasteiger partial charge in [-0.1, -0.05) is 39.7 Å². The predicted molar refractivity (Wildman–Crippen MR) is 100 cm³/mol. The van der Waals surface area contributed by atoms with Gasteiger partial charge in [0.2, 0.25) is 11.8 Å². The van der Waals surface area contributed by atoms with Crippen LogP contribution in [0.3, 0.4) is 0 Å². The molecule has 0 heterocycles. The largest absolute Gasteiger partial charge is 0.330 e. The van der Waals surface area contributed by atoms with Crippen LogP contribution in [0.1, 0.15) is 58.4 Å². The van der Waals surface area contributed by atoms with E-state index in [-0.39, 0.29) is 11.8 Å². The Morgan fingerprint density at radius 3 is 2.33 bits per heavy atom. The van der Waals surface area contributed by atoms with Gasteiger partial charge in [0.15, 0.2) is 0 Å². The van der Waals surface area contributed by atoms with Crippen LogP contribution in [-0.2, 0) is 9.59 Å². The maximum Gasteiger partial charge on any atom is 0.229 e. The zero-order chi connectivity index (χ0) is 18.2. The van der Waals surface area contributed by atoms with E-state index in [1.807, 2.05) is 45.9 Å². The molecule has 5 nitrogen and oxygen atoms in total. The van der Waals surface area contributed by atoms with Gasteiger partial charge in [0, 0.05) is 23.2 Å². The average molecular weight is 333 g/mol. The highest BCUT2D eigenvalue weighted by Crippen LogP contribution is 2.23. The van der Waals surface area contributed by atoms with Gasteiger partial charge in [0.1, 0.15) is 0 Å². The molecule has 24 heavy (non-hydrogen) atoms. The van der Waals surface area contributed by atoms with Gasteiger partial charge in [0.05, 0.1) is 0 Å². The standard InChI is InChI=1S/C19H31N3O2/c1-14-10-11-15(21-18(24)19(2,3)4)13-16(14)22-17(23)9-7-5-6-8-12-20/h10-11,13H,5-9,12,20H2,1-4H3,(H,21,24)(H,22,23). The van der Waals surface area contributed by atoms with Crippen molar-refractivity contribution < 1.29 is 9.59 Å². The number of benzene rings is 1. The number of rotatable bonds is 8. The van der Waals surface area contributed by atoms with Crippen LogP contribution in [0.15, 0.2) is 18.2 Å². The van der Waals surface area contributed by atoms with Gasteiger partial charge in [0.25, 0.3) is 0 Å². The second-order valence-electron chi connectivity index (χ2n) is 7.23. The minimum absolute atomic E-state index is 0.00477. The molecular formula is C19H31N3O2. The van der Waals surface area contributed by atoms with Gasteiger partial charge in [-0.05, 0) is 44.0 Å². The lowest BCUT2D eigenvalue weighted by atomic mass is 9.95. The second-order valence-corrected chi connectivity index (χ2v) is 7.23. The van der Waals surface area contributed by atoms with Crippen LogP contribution in [0.25, 0.3) is 0 Å². The molecule has 4 N–H and O–H groups in total. The third kappa shape index (κ3) is 7.13. The van der Waals surface area contributed by atoms with Crippen LogP contribution in [0.2, 0.25) is 0 Å². The molecule has 0 saturated heterocycles. The number of nitrogens with one attached hydrogen (secondary N) is 2. The summed E-state index contributed by atoms with van der Waals surface area (Å²) in [6.45, 7) is 8.24. The van der Waals surface area contributed by atoms with Crippen molar-refractivity contribution in [2.75, 3.05) is 17.2 Å². The number of anilines is 2. The molecule has 0 fully saturated rings. The number of carbonyl (C=O) groups excluding carboxylic acids is 2. The Morgan fingerprint density at radius 2 is 1.71 bits per heavy atom. The smallest absolute Gasteiger partial charge is 0.229 e. The summed E-state index contributed by atoms with van der Waals surface area (Å²) in [6.07, 6.45) is 4.46. The molecule has 0 aliphatic rings. The highest BCUT2D eigenvalue weighted by molar-refractivity contribution is 5.96. The first kappa shape index (κ1) is 20.2. The van der Waals surface area contributed by atoms with E-state index >= 15 is 0 Å². The zero-order valence-corrected chi connectivity index (χ0v) is 15.4. The summed E-state index contributed by atoms with van der Waals surface area (Å²) in [7, 11) is 0. The molecule has 0 atom stereocenters. The van der Waals surface area contributed by atoms with Crippen molar-refractivity contribution in [1.29, 1.82) is 0 Å². The number of amides is 2. The molecule has 0 aliphatic carbocycles. The molecule has 134 valence electrons. The Balaban J connectivity index is 2.60. The molecule has 0 aromatic heterocycles. The number of nitrogens with two attached hydrogens (primary N) is 1. The normalized spacial score (nSPS) is 11.2. The van der Waals surface area contributed by atoms with Crippen LogP contribution >= 0.6 is 0 Å². The van der Waals surface area contributed by atoms with Crippen molar-refractivity contribution in [3.63, 3.8) is 0 Å². The van der Waals surface area contributed by atoms with E-state index in [1.165, 1.54) is 0 Å². The fourth-order valence-corrected chi connectivity index (χ4v) is 2.15. The summed E-state index contributed by atoms with van der Waals surface area (Å²) < 4.78 is 0. The van der Waals surface area contributed by atoms with E-state index in [1.54, 1.807) is 0 Å². The van der Waals surface area contributed by atoms with Gasteiger partial charge in [-0.2, -0.15) is 0 Å². The summed E-state index contributed by atoms with van der Waals surface area (Å²) in [4.78, 5) is 24.1. The topological polar surface area (TPSA) is 84.2 Å². The molecule has 1 aromatic rings. The lowest BCUT2D eigenvalue weighted by Crippen LogP contribution is -2.27. The molecule has 0 unspecified atom stereocenters. The van der Waals surface area contributed by atoms with Gasteiger partial charge in [-0.25, -0.2) is 0 Å². The van der Waals surface area contributed by atoms with Gasteiger partial charge >= 0.3 is 0 Å². The Bertz CT molecular complexity index is 562. The van der Waals surface area contributed by atoms with E-state index in [9.17, 15) is 9.59 Å². The molecule has 0 spiro atoms. The van der Waals surface area contributed by atoms with Crippen LogP contribution < -0.4 is 16.4 Å². The molecular weight excluding hydrogens is 302 g/mol. The van der Waals surface area contributed by atoms with Crippen LogP contribution in [-0.4, -0.2) is 18.4 Å². The molecule has 5 heteroatoms. The number of hydrogen-bond acceptors (Lipinski definition) is 3. The Hall–Kier alpha value is -1.88. The van der Waals surface area contributed by atoms with Gasteiger partial charge in [-0.15, -0.1) is 0 Å². The van der Waals surface area contributed by atoms with Crippen molar-refractivity contribution in [3.05, 3.63) is 23.8 Å². The van der Waals surface area contributed by atoms with Crippen LogP contribution in [0.4, 0.5) is 11.4 Å². The molecule has 0 radical (unpaired) electrons. The van der Waals surface area contributed by atoms with Gasteiger partial charge < -0.3 is 16.4 Å². The molecule has 1 rings (SSSR count). The quantitative estimate of drug-likeness (QED) is 0.632. The highest BCUT2D eigenvalue weighted by atomic mass is 16.2. The lowest BCUT2D eigenvalue weighted by Gasteiger charge is -2.18. The summed E-state index contributed by atoms with van der Waals surface area (Å²) >= 11 is 0. The molecule has 0 bridgehead atoms. The van der Waals surface area contributed by atoms with Crippen LogP contribution in [0.5, 0.6) is 0 Å². The first-order valence-electron chi connectivity index (χ1n) is 8.66. The van der Waals surface area contributed by atoms with Crippen molar-refractivity contribution in [3.8, 4) is 0 Å². The van der Waals surface area contributed by atoms with E-state index in [2.05, 4.69) is 10.6 Å². The third-order valence-electron chi connectivity index (χ3n) is 3.81. The van der Waals surface area contributed by atoms with E-state index < -0.39 is 5.41 Å². The Kier molecular flexibility index (Phi) is 7.92. The fraction of sp³-hybridized carbons (Fsp3) is 0.579. The Morgan fingerprint density at radius 1 is 1.04 bits per heavy atom. The zero-order valence-electron chi connectivity index (χ0n) is 15.4. The predicted octanol–water partition coefficient (Wildman–Crippen LogP) is 3.83. The van der Waals surface area contributed by atoms with Gasteiger partial charge in [-0.3, -0.25) is 9.59 Å². The summed E-state index contributed by atoms with van der Waals surface area (Å²) in [5.41, 5.74) is 7.40. The summed E-state index contributed by atoms with van der Waals surface area (Å²) in [6, 6.07) is 5.56. The number of unbranched alkanes of at least 4 members (excludes halogenated alkanes) is 3. The minimum atomic E-state index is -0.460. The molecule has 0 saturated carbocycles. The number of hydrogen-bond donors (Lipinski definition) is 3. The second kappa shape index (κ2) is 9.42. The maximum atomic E-state index is 12.1. The minimum Gasteiger partial charge on any atom is -0.330 e. The first-order chi connectivity index (χ1) is 11.2. The average Bonchev–Trinajstić information content (AvgIpc) is 2.49. The SMILES string of the molecule is Cc1ccc(NC(=O)C(C)(C)C)cc1NC(=O)CCCCCCN. The molecule has 2 amide bonds. The van der Waals surface area contributed by atoms with Crippen molar-refractivity contribution in [2.45, 2.75) is 59.8 Å². The van der Waals surface area contributed by atoms with E-state index in [4.69, 9.17) is 5.73 Å². The van der Waals surface area contributed by atoms with Crippen molar-refractivity contribution in [1.82, 2.24) is 0 Å². The summed E-state index contributed by atoms with van der Waals surface area (Å²) in [5.74, 6) is -0.0475. The monoisotopic (exact) mass is 333 g/mol. The maximum absolute atomic E-state index is 12.1.